The molecular formula is C19H28N4OS. The third-order valence-corrected chi connectivity index (χ3v) is 4.69. The Hall–Kier alpha value is -1.92. The zero-order valence-electron chi connectivity index (χ0n) is 15.5. The zero-order chi connectivity index (χ0) is 18.1. The molecule has 2 aromatic rings. The van der Waals surface area contributed by atoms with Crippen LogP contribution in [0.15, 0.2) is 34.6 Å². The van der Waals surface area contributed by atoms with Crippen molar-refractivity contribution in [3.8, 4) is 0 Å². The molecule has 0 aliphatic carbocycles. The standard InChI is InChI=1S/C19H28N4OS/c1-5-24-12-16-9-7-6-8-15(16)10-21-19(20-4)22-11-18-23-17(13-25-18)14(2)3/h6-9,13-14H,5,10-12H2,1-4H3,(H2,20,21,22). The van der Waals surface area contributed by atoms with Gasteiger partial charge in [-0.1, -0.05) is 38.1 Å². The number of thiazole rings is 1. The highest BCUT2D eigenvalue weighted by molar-refractivity contribution is 7.09. The molecule has 0 saturated heterocycles. The van der Waals surface area contributed by atoms with Gasteiger partial charge in [-0.3, -0.25) is 4.99 Å². The van der Waals surface area contributed by atoms with E-state index in [0.717, 1.165) is 23.3 Å². The molecule has 0 saturated carbocycles. The Kier molecular flexibility index (Phi) is 7.88. The van der Waals surface area contributed by atoms with E-state index in [1.807, 2.05) is 19.1 Å². The van der Waals surface area contributed by atoms with Gasteiger partial charge in [0.2, 0.25) is 0 Å². The summed E-state index contributed by atoms with van der Waals surface area (Å²) < 4.78 is 5.54. The third-order valence-electron chi connectivity index (χ3n) is 3.82. The van der Waals surface area contributed by atoms with Crippen molar-refractivity contribution in [2.75, 3.05) is 13.7 Å². The third kappa shape index (κ3) is 6.14. The van der Waals surface area contributed by atoms with Crippen LogP contribution in [0.3, 0.4) is 0 Å². The van der Waals surface area contributed by atoms with E-state index in [-0.39, 0.29) is 0 Å². The fraction of sp³-hybridized carbons (Fsp3) is 0.474. The second-order valence-electron chi connectivity index (χ2n) is 6.01. The Balaban J connectivity index is 1.88. The Bertz CT molecular complexity index is 682. The normalized spacial score (nSPS) is 11.8. The Morgan fingerprint density at radius 2 is 1.92 bits per heavy atom. The first kappa shape index (κ1) is 19.4. The van der Waals surface area contributed by atoms with E-state index in [4.69, 9.17) is 4.74 Å². The van der Waals surface area contributed by atoms with Gasteiger partial charge in [0.15, 0.2) is 5.96 Å². The molecule has 136 valence electrons. The maximum absolute atomic E-state index is 5.54. The molecule has 0 aliphatic rings. The summed E-state index contributed by atoms with van der Waals surface area (Å²) in [4.78, 5) is 8.93. The van der Waals surface area contributed by atoms with Crippen LogP contribution >= 0.6 is 11.3 Å². The minimum Gasteiger partial charge on any atom is -0.377 e. The van der Waals surface area contributed by atoms with E-state index in [0.29, 0.717) is 25.6 Å². The van der Waals surface area contributed by atoms with Crippen molar-refractivity contribution in [3.05, 3.63) is 51.5 Å². The predicted molar refractivity (Wildman–Crippen MR) is 105 cm³/mol. The molecule has 0 unspecified atom stereocenters. The number of aliphatic imine (C=N–C) groups is 1. The number of benzene rings is 1. The maximum atomic E-state index is 5.54. The minimum atomic E-state index is 0.462. The van der Waals surface area contributed by atoms with Gasteiger partial charge in [-0.15, -0.1) is 11.3 Å². The average molecular weight is 361 g/mol. The summed E-state index contributed by atoms with van der Waals surface area (Å²) >= 11 is 1.68. The van der Waals surface area contributed by atoms with Crippen LogP contribution in [0.25, 0.3) is 0 Å². The van der Waals surface area contributed by atoms with Gasteiger partial charge in [-0.05, 0) is 24.0 Å². The molecule has 6 heteroatoms. The maximum Gasteiger partial charge on any atom is 0.191 e. The van der Waals surface area contributed by atoms with Crippen LogP contribution in [0.1, 0.15) is 48.5 Å². The van der Waals surface area contributed by atoms with Crippen molar-refractivity contribution >= 4 is 17.3 Å². The van der Waals surface area contributed by atoms with Crippen LogP contribution in [0.5, 0.6) is 0 Å². The number of guanidine groups is 1. The highest BCUT2D eigenvalue weighted by Gasteiger charge is 2.07. The van der Waals surface area contributed by atoms with Gasteiger partial charge < -0.3 is 15.4 Å². The van der Waals surface area contributed by atoms with Gasteiger partial charge in [-0.2, -0.15) is 0 Å². The topological polar surface area (TPSA) is 58.5 Å². The molecule has 0 fully saturated rings. The Morgan fingerprint density at radius 1 is 1.20 bits per heavy atom. The Labute approximate surface area is 154 Å². The molecule has 1 aromatic carbocycles. The average Bonchev–Trinajstić information content (AvgIpc) is 3.10. The molecule has 1 aromatic heterocycles. The minimum absolute atomic E-state index is 0.462. The summed E-state index contributed by atoms with van der Waals surface area (Å²) in [6, 6.07) is 8.31. The molecule has 5 nitrogen and oxygen atoms in total. The van der Waals surface area contributed by atoms with E-state index in [1.165, 1.54) is 11.1 Å². The highest BCUT2D eigenvalue weighted by atomic mass is 32.1. The fourth-order valence-electron chi connectivity index (χ4n) is 2.31. The van der Waals surface area contributed by atoms with Crippen LogP contribution in [0.4, 0.5) is 0 Å². The van der Waals surface area contributed by atoms with Gasteiger partial charge in [0.05, 0.1) is 18.8 Å². The molecular weight excluding hydrogens is 332 g/mol. The number of hydrogen-bond donors (Lipinski definition) is 2. The SMILES string of the molecule is CCOCc1ccccc1CNC(=NC)NCc1nc(C(C)C)cs1. The van der Waals surface area contributed by atoms with Crippen LogP contribution < -0.4 is 10.6 Å². The first-order chi connectivity index (χ1) is 12.1. The number of nitrogens with zero attached hydrogens (tertiary/aromatic N) is 2. The van der Waals surface area contributed by atoms with Crippen LogP contribution in [0, 0.1) is 0 Å². The van der Waals surface area contributed by atoms with E-state index >= 15 is 0 Å². The lowest BCUT2D eigenvalue weighted by Gasteiger charge is -2.13. The number of aromatic nitrogens is 1. The second kappa shape index (κ2) is 10.2. The van der Waals surface area contributed by atoms with Crippen LogP contribution in [-0.4, -0.2) is 24.6 Å². The van der Waals surface area contributed by atoms with Crippen molar-refractivity contribution in [2.24, 2.45) is 4.99 Å². The van der Waals surface area contributed by atoms with Gasteiger partial charge >= 0.3 is 0 Å². The molecule has 0 amide bonds. The number of nitrogens with one attached hydrogen (secondary N) is 2. The lowest BCUT2D eigenvalue weighted by atomic mass is 10.1. The fourth-order valence-corrected chi connectivity index (χ4v) is 3.21. The van der Waals surface area contributed by atoms with E-state index in [1.54, 1.807) is 18.4 Å². The summed E-state index contributed by atoms with van der Waals surface area (Å²) in [6.45, 7) is 9.07. The first-order valence-electron chi connectivity index (χ1n) is 8.67. The van der Waals surface area contributed by atoms with Crippen molar-refractivity contribution in [1.82, 2.24) is 15.6 Å². The molecule has 0 spiro atoms. The molecule has 2 N–H and O–H groups in total. The largest absolute Gasteiger partial charge is 0.377 e. The number of hydrogen-bond acceptors (Lipinski definition) is 4. The molecule has 0 atom stereocenters. The predicted octanol–water partition coefficient (Wildman–Crippen LogP) is 3.67. The van der Waals surface area contributed by atoms with Crippen molar-refractivity contribution in [1.29, 1.82) is 0 Å². The summed E-state index contributed by atoms with van der Waals surface area (Å²) in [7, 11) is 1.78. The monoisotopic (exact) mass is 360 g/mol. The van der Waals surface area contributed by atoms with Crippen molar-refractivity contribution in [3.63, 3.8) is 0 Å². The summed E-state index contributed by atoms with van der Waals surface area (Å²) in [5, 5.41) is 9.89. The summed E-state index contributed by atoms with van der Waals surface area (Å²) in [5.74, 6) is 1.23. The summed E-state index contributed by atoms with van der Waals surface area (Å²) in [5.41, 5.74) is 3.57. The van der Waals surface area contributed by atoms with E-state index in [9.17, 15) is 0 Å². The van der Waals surface area contributed by atoms with Gasteiger partial charge in [0.25, 0.3) is 0 Å². The number of rotatable bonds is 8. The van der Waals surface area contributed by atoms with Crippen molar-refractivity contribution in [2.45, 2.75) is 46.4 Å². The zero-order valence-corrected chi connectivity index (χ0v) is 16.3. The van der Waals surface area contributed by atoms with Crippen molar-refractivity contribution < 1.29 is 4.74 Å². The lowest BCUT2D eigenvalue weighted by Crippen LogP contribution is -2.36. The first-order valence-corrected chi connectivity index (χ1v) is 9.55. The molecule has 1 heterocycles. The molecule has 0 bridgehead atoms. The second-order valence-corrected chi connectivity index (χ2v) is 6.95. The lowest BCUT2D eigenvalue weighted by molar-refractivity contribution is 0.133. The number of ether oxygens (including phenoxy) is 1. The van der Waals surface area contributed by atoms with Crippen LogP contribution in [0.2, 0.25) is 0 Å². The Morgan fingerprint density at radius 3 is 2.56 bits per heavy atom. The molecule has 0 aliphatic heterocycles. The van der Waals surface area contributed by atoms with Gasteiger partial charge in [0.1, 0.15) is 5.01 Å². The van der Waals surface area contributed by atoms with E-state index in [2.05, 4.69) is 52.0 Å². The smallest absolute Gasteiger partial charge is 0.191 e. The van der Waals surface area contributed by atoms with Crippen LogP contribution in [-0.2, 0) is 24.4 Å². The van der Waals surface area contributed by atoms with Gasteiger partial charge in [-0.25, -0.2) is 4.98 Å². The highest BCUT2D eigenvalue weighted by Crippen LogP contribution is 2.17. The van der Waals surface area contributed by atoms with Gasteiger partial charge in [0, 0.05) is 25.6 Å². The summed E-state index contributed by atoms with van der Waals surface area (Å²) in [6.07, 6.45) is 0. The molecule has 25 heavy (non-hydrogen) atoms. The van der Waals surface area contributed by atoms with E-state index < -0.39 is 0 Å². The quantitative estimate of drug-likeness (QED) is 0.557. The molecule has 2 rings (SSSR count). The molecule has 0 radical (unpaired) electrons.